The van der Waals surface area contributed by atoms with Crippen LogP contribution in [0.2, 0.25) is 5.02 Å². The number of amides is 1. The van der Waals surface area contributed by atoms with Crippen LogP contribution in [0, 0.1) is 5.82 Å². The van der Waals surface area contributed by atoms with Crippen LogP contribution in [0.5, 0.6) is 0 Å². The van der Waals surface area contributed by atoms with Gasteiger partial charge < -0.3 is 0 Å². The van der Waals surface area contributed by atoms with Crippen molar-refractivity contribution in [1.82, 2.24) is 4.72 Å². The van der Waals surface area contributed by atoms with Crippen molar-refractivity contribution in [2.24, 2.45) is 0 Å². The second-order valence-electron chi connectivity index (χ2n) is 3.17. The van der Waals surface area contributed by atoms with E-state index in [2.05, 4.69) is 0 Å². The predicted molar refractivity (Wildman–Crippen MR) is 58.1 cm³/mol. The molecule has 1 N–H and O–H groups in total. The first-order valence-electron chi connectivity index (χ1n) is 4.23. The minimum absolute atomic E-state index is 0.0229. The highest BCUT2D eigenvalue weighted by molar-refractivity contribution is 7.89. The molecule has 0 aliphatic heterocycles. The van der Waals surface area contributed by atoms with Crippen LogP contribution >= 0.6 is 11.6 Å². The number of hydrogen-bond acceptors (Lipinski definition) is 3. The number of halogens is 2. The van der Waals surface area contributed by atoms with Gasteiger partial charge in [-0.3, -0.25) is 9.52 Å². The van der Waals surface area contributed by atoms with Gasteiger partial charge in [-0.15, -0.1) is 0 Å². The maximum Gasteiger partial charge on any atom is 0.238 e. The van der Waals surface area contributed by atoms with E-state index in [1.54, 1.807) is 4.72 Å². The van der Waals surface area contributed by atoms with Crippen molar-refractivity contribution in [3.63, 3.8) is 0 Å². The summed E-state index contributed by atoms with van der Waals surface area (Å²) in [6, 6.07) is 3.97. The standard InChI is InChI=1S/C9H9ClFNO3S/c1-16(14,15)12-9(13)5-6-7(10)3-2-4-8(6)11/h2-4H,5H2,1H3,(H,12,13). The fraction of sp³-hybridized carbons (Fsp3) is 0.222. The highest BCUT2D eigenvalue weighted by Gasteiger charge is 2.14. The summed E-state index contributed by atoms with van der Waals surface area (Å²) < 4.78 is 36.4. The highest BCUT2D eigenvalue weighted by atomic mass is 35.5. The Kier molecular flexibility index (Phi) is 3.88. The molecule has 1 amide bonds. The van der Waals surface area contributed by atoms with Crippen molar-refractivity contribution >= 4 is 27.5 Å². The average Bonchev–Trinajstić information content (AvgIpc) is 2.08. The van der Waals surface area contributed by atoms with Crippen LogP contribution in [-0.4, -0.2) is 20.6 Å². The quantitative estimate of drug-likeness (QED) is 0.890. The summed E-state index contributed by atoms with van der Waals surface area (Å²) in [4.78, 5) is 11.2. The summed E-state index contributed by atoms with van der Waals surface area (Å²) >= 11 is 5.68. The Morgan fingerprint density at radius 3 is 2.62 bits per heavy atom. The van der Waals surface area contributed by atoms with E-state index < -0.39 is 28.2 Å². The van der Waals surface area contributed by atoms with E-state index in [0.717, 1.165) is 12.3 Å². The summed E-state index contributed by atoms with van der Waals surface area (Å²) in [6.07, 6.45) is 0.423. The molecule has 7 heteroatoms. The Hall–Kier alpha value is -1.14. The molecular weight excluding hydrogens is 257 g/mol. The summed E-state index contributed by atoms with van der Waals surface area (Å²) in [7, 11) is -3.63. The van der Waals surface area contributed by atoms with Crippen LogP contribution in [-0.2, 0) is 21.2 Å². The lowest BCUT2D eigenvalue weighted by Crippen LogP contribution is -2.30. The van der Waals surface area contributed by atoms with Gasteiger partial charge in [0.05, 0.1) is 12.7 Å². The molecule has 0 aromatic heterocycles. The van der Waals surface area contributed by atoms with Crippen LogP contribution in [0.4, 0.5) is 4.39 Å². The van der Waals surface area contributed by atoms with Crippen molar-refractivity contribution in [3.05, 3.63) is 34.6 Å². The first-order chi connectivity index (χ1) is 7.29. The maximum atomic E-state index is 13.2. The smallest absolute Gasteiger partial charge is 0.238 e. The number of carbonyl (C=O) groups excluding carboxylic acids is 1. The molecule has 0 fully saturated rings. The van der Waals surface area contributed by atoms with Crippen molar-refractivity contribution in [2.75, 3.05) is 6.26 Å². The molecule has 1 aromatic rings. The third kappa shape index (κ3) is 3.79. The van der Waals surface area contributed by atoms with Gasteiger partial charge in [0, 0.05) is 10.6 Å². The van der Waals surface area contributed by atoms with Crippen molar-refractivity contribution in [3.8, 4) is 0 Å². The van der Waals surface area contributed by atoms with Gasteiger partial charge in [0.25, 0.3) is 0 Å². The Morgan fingerprint density at radius 1 is 1.50 bits per heavy atom. The molecule has 1 aromatic carbocycles. The molecule has 0 aliphatic rings. The number of hydrogen-bond donors (Lipinski definition) is 1. The molecule has 0 radical (unpaired) electrons. The number of sulfonamides is 1. The van der Waals surface area contributed by atoms with Crippen LogP contribution in [0.1, 0.15) is 5.56 Å². The lowest BCUT2D eigenvalue weighted by Gasteiger charge is -2.05. The van der Waals surface area contributed by atoms with Gasteiger partial charge in [-0.1, -0.05) is 17.7 Å². The molecule has 0 spiro atoms. The second-order valence-corrected chi connectivity index (χ2v) is 5.33. The van der Waals surface area contributed by atoms with Gasteiger partial charge >= 0.3 is 0 Å². The molecule has 0 aliphatic carbocycles. The van der Waals surface area contributed by atoms with E-state index in [0.29, 0.717) is 0 Å². The van der Waals surface area contributed by atoms with Gasteiger partial charge in [0.15, 0.2) is 0 Å². The fourth-order valence-electron chi connectivity index (χ4n) is 1.10. The second kappa shape index (κ2) is 4.80. The number of benzene rings is 1. The zero-order chi connectivity index (χ0) is 12.3. The Labute approximate surface area is 97.5 Å². The Balaban J connectivity index is 2.86. The third-order valence-electron chi connectivity index (χ3n) is 1.70. The van der Waals surface area contributed by atoms with E-state index in [9.17, 15) is 17.6 Å². The molecular formula is C9H9ClFNO3S. The summed E-state index contributed by atoms with van der Waals surface area (Å²) in [6.45, 7) is 0. The van der Waals surface area contributed by atoms with Crippen LogP contribution < -0.4 is 4.72 Å². The maximum absolute atomic E-state index is 13.2. The molecule has 0 saturated heterocycles. The normalized spacial score (nSPS) is 11.2. The van der Waals surface area contributed by atoms with Crippen LogP contribution in [0.3, 0.4) is 0 Å². The third-order valence-corrected chi connectivity index (χ3v) is 2.65. The summed E-state index contributed by atoms with van der Waals surface area (Å²) in [5.41, 5.74) is -0.0229. The fourth-order valence-corrected chi connectivity index (χ4v) is 1.82. The van der Waals surface area contributed by atoms with E-state index >= 15 is 0 Å². The minimum atomic E-state index is -3.63. The molecule has 4 nitrogen and oxygen atoms in total. The summed E-state index contributed by atoms with van der Waals surface area (Å²) in [5, 5.41) is 0.0867. The van der Waals surface area contributed by atoms with Gasteiger partial charge in [-0.25, -0.2) is 12.8 Å². The number of rotatable bonds is 3. The van der Waals surface area contributed by atoms with Crippen LogP contribution in [0.15, 0.2) is 18.2 Å². The lowest BCUT2D eigenvalue weighted by atomic mass is 10.1. The first kappa shape index (κ1) is 12.9. The van der Waals surface area contributed by atoms with Gasteiger partial charge in [0.2, 0.25) is 15.9 Å². The van der Waals surface area contributed by atoms with E-state index in [1.807, 2.05) is 0 Å². The zero-order valence-electron chi connectivity index (χ0n) is 8.33. The van der Waals surface area contributed by atoms with Crippen molar-refractivity contribution < 1.29 is 17.6 Å². The van der Waals surface area contributed by atoms with Crippen LogP contribution in [0.25, 0.3) is 0 Å². The van der Waals surface area contributed by atoms with Crippen molar-refractivity contribution in [2.45, 2.75) is 6.42 Å². The zero-order valence-corrected chi connectivity index (χ0v) is 9.90. The largest absolute Gasteiger partial charge is 0.274 e. The van der Waals surface area contributed by atoms with Crippen molar-refractivity contribution in [1.29, 1.82) is 0 Å². The van der Waals surface area contributed by atoms with Gasteiger partial charge in [0.1, 0.15) is 5.82 Å². The van der Waals surface area contributed by atoms with E-state index in [1.165, 1.54) is 12.1 Å². The average molecular weight is 266 g/mol. The Morgan fingerprint density at radius 2 is 2.12 bits per heavy atom. The van der Waals surface area contributed by atoms with E-state index in [4.69, 9.17) is 11.6 Å². The summed E-state index contributed by atoms with van der Waals surface area (Å²) in [5.74, 6) is -1.47. The molecule has 88 valence electrons. The number of nitrogens with one attached hydrogen (secondary N) is 1. The Bertz CT molecular complexity index is 495. The molecule has 0 bridgehead atoms. The molecule has 0 unspecified atom stereocenters. The molecule has 16 heavy (non-hydrogen) atoms. The predicted octanol–water partition coefficient (Wildman–Crippen LogP) is 1.10. The molecule has 0 atom stereocenters. The monoisotopic (exact) mass is 265 g/mol. The number of carbonyl (C=O) groups is 1. The minimum Gasteiger partial charge on any atom is -0.274 e. The first-order valence-corrected chi connectivity index (χ1v) is 6.50. The molecule has 1 rings (SSSR count). The van der Waals surface area contributed by atoms with Gasteiger partial charge in [-0.2, -0.15) is 0 Å². The highest BCUT2D eigenvalue weighted by Crippen LogP contribution is 2.19. The lowest BCUT2D eigenvalue weighted by molar-refractivity contribution is -0.118. The SMILES string of the molecule is CS(=O)(=O)NC(=O)Cc1c(F)cccc1Cl. The topological polar surface area (TPSA) is 63.2 Å². The molecule has 0 heterocycles. The van der Waals surface area contributed by atoms with E-state index in [-0.39, 0.29) is 10.6 Å². The molecule has 0 saturated carbocycles. The van der Waals surface area contributed by atoms with Gasteiger partial charge in [-0.05, 0) is 12.1 Å².